The van der Waals surface area contributed by atoms with Gasteiger partial charge in [-0.3, -0.25) is 0 Å². The van der Waals surface area contributed by atoms with Gasteiger partial charge < -0.3 is 14.6 Å². The Morgan fingerprint density at radius 3 is 2.13 bits per heavy atom. The largest absolute Gasteiger partial charge is 0.505 e. The van der Waals surface area contributed by atoms with Crippen molar-refractivity contribution in [3.63, 3.8) is 0 Å². The van der Waals surface area contributed by atoms with Gasteiger partial charge in [0.2, 0.25) is 0 Å². The van der Waals surface area contributed by atoms with Crippen molar-refractivity contribution in [2.24, 2.45) is 0 Å². The van der Waals surface area contributed by atoms with E-state index in [0.29, 0.717) is 18.8 Å². The SMILES string of the molecule is CC1(c2cc(Cl)c(O)c(Cl)c2)OCCO1. The summed E-state index contributed by atoms with van der Waals surface area (Å²) in [6.07, 6.45) is 0. The molecule has 1 aromatic carbocycles. The van der Waals surface area contributed by atoms with Gasteiger partial charge in [-0.15, -0.1) is 0 Å². The highest BCUT2D eigenvalue weighted by Gasteiger charge is 2.34. The first-order valence-electron chi connectivity index (χ1n) is 4.49. The maximum Gasteiger partial charge on any atom is 0.192 e. The third-order valence-electron chi connectivity index (χ3n) is 2.38. The lowest BCUT2D eigenvalue weighted by molar-refractivity contribution is -0.149. The zero-order chi connectivity index (χ0) is 11.1. The molecule has 1 aliphatic rings. The topological polar surface area (TPSA) is 38.7 Å². The molecule has 0 spiro atoms. The van der Waals surface area contributed by atoms with Crippen LogP contribution >= 0.6 is 23.2 Å². The number of aromatic hydroxyl groups is 1. The Morgan fingerprint density at radius 1 is 1.20 bits per heavy atom. The molecule has 0 unspecified atom stereocenters. The van der Waals surface area contributed by atoms with Gasteiger partial charge in [0.15, 0.2) is 11.5 Å². The Morgan fingerprint density at radius 2 is 1.67 bits per heavy atom. The van der Waals surface area contributed by atoms with E-state index < -0.39 is 5.79 Å². The fourth-order valence-corrected chi connectivity index (χ4v) is 2.00. The minimum atomic E-state index is -0.818. The summed E-state index contributed by atoms with van der Waals surface area (Å²) in [4.78, 5) is 0. The Labute approximate surface area is 97.5 Å². The summed E-state index contributed by atoms with van der Waals surface area (Å²) >= 11 is 11.6. The highest BCUT2D eigenvalue weighted by molar-refractivity contribution is 6.37. The number of hydrogen-bond donors (Lipinski definition) is 1. The third kappa shape index (κ3) is 1.93. The molecular weight excluding hydrogens is 239 g/mol. The van der Waals surface area contributed by atoms with Crippen molar-refractivity contribution < 1.29 is 14.6 Å². The molecule has 2 rings (SSSR count). The zero-order valence-corrected chi connectivity index (χ0v) is 9.60. The molecule has 5 heteroatoms. The van der Waals surface area contributed by atoms with E-state index in [0.717, 1.165) is 0 Å². The first kappa shape index (κ1) is 11.0. The molecule has 0 bridgehead atoms. The second kappa shape index (κ2) is 3.83. The van der Waals surface area contributed by atoms with E-state index in [4.69, 9.17) is 32.7 Å². The minimum absolute atomic E-state index is 0.122. The number of phenolic OH excluding ortho intramolecular Hbond substituents is 1. The molecule has 3 nitrogen and oxygen atoms in total. The van der Waals surface area contributed by atoms with Crippen LogP contribution in [0.5, 0.6) is 5.75 Å². The molecule has 1 aliphatic heterocycles. The molecular formula is C10H10Cl2O3. The fraction of sp³-hybridized carbons (Fsp3) is 0.400. The van der Waals surface area contributed by atoms with Crippen LogP contribution in [-0.2, 0) is 15.3 Å². The molecule has 1 saturated heterocycles. The average Bonchev–Trinajstić information content (AvgIpc) is 2.62. The molecule has 1 aromatic rings. The van der Waals surface area contributed by atoms with Crippen LogP contribution in [0.2, 0.25) is 10.0 Å². The van der Waals surface area contributed by atoms with Gasteiger partial charge in [0, 0.05) is 5.56 Å². The van der Waals surface area contributed by atoms with Crippen molar-refractivity contribution in [1.82, 2.24) is 0 Å². The molecule has 0 radical (unpaired) electrons. The van der Waals surface area contributed by atoms with Crippen molar-refractivity contribution in [3.05, 3.63) is 27.7 Å². The van der Waals surface area contributed by atoms with Crippen LogP contribution in [0.15, 0.2) is 12.1 Å². The first-order chi connectivity index (χ1) is 7.03. The number of rotatable bonds is 1. The van der Waals surface area contributed by atoms with Crippen molar-refractivity contribution in [3.8, 4) is 5.75 Å². The standard InChI is InChI=1S/C10H10Cl2O3/c1-10(14-2-3-15-10)6-4-7(11)9(13)8(12)5-6/h4-5,13H,2-3H2,1H3. The van der Waals surface area contributed by atoms with Gasteiger partial charge in [-0.2, -0.15) is 0 Å². The Kier molecular flexibility index (Phi) is 2.81. The number of halogens is 2. The van der Waals surface area contributed by atoms with Gasteiger partial charge in [0.05, 0.1) is 23.3 Å². The summed E-state index contributed by atoms with van der Waals surface area (Å²) < 4.78 is 10.9. The summed E-state index contributed by atoms with van der Waals surface area (Å²) in [5, 5.41) is 9.80. The monoisotopic (exact) mass is 248 g/mol. The van der Waals surface area contributed by atoms with Crippen LogP contribution in [-0.4, -0.2) is 18.3 Å². The van der Waals surface area contributed by atoms with Gasteiger partial charge in [0.25, 0.3) is 0 Å². The van der Waals surface area contributed by atoms with Crippen molar-refractivity contribution >= 4 is 23.2 Å². The summed E-state index contributed by atoms with van der Waals surface area (Å²) in [5.74, 6) is -0.940. The molecule has 82 valence electrons. The summed E-state index contributed by atoms with van der Waals surface area (Å²) in [6.45, 7) is 2.86. The summed E-state index contributed by atoms with van der Waals surface area (Å²) in [7, 11) is 0. The molecule has 0 amide bonds. The maximum atomic E-state index is 9.41. The van der Waals surface area contributed by atoms with Crippen molar-refractivity contribution in [2.45, 2.75) is 12.7 Å². The Hall–Kier alpha value is -0.480. The second-order valence-electron chi connectivity index (χ2n) is 3.43. The van der Waals surface area contributed by atoms with Crippen LogP contribution in [0, 0.1) is 0 Å². The van der Waals surface area contributed by atoms with E-state index in [1.165, 1.54) is 0 Å². The molecule has 0 atom stereocenters. The number of benzene rings is 1. The second-order valence-corrected chi connectivity index (χ2v) is 4.25. The lowest BCUT2D eigenvalue weighted by Crippen LogP contribution is -2.22. The normalized spacial score (nSPS) is 19.4. The molecule has 15 heavy (non-hydrogen) atoms. The number of phenols is 1. The maximum absolute atomic E-state index is 9.41. The van der Waals surface area contributed by atoms with E-state index in [-0.39, 0.29) is 15.8 Å². The fourth-order valence-electron chi connectivity index (χ4n) is 1.51. The van der Waals surface area contributed by atoms with Gasteiger partial charge in [-0.25, -0.2) is 0 Å². The summed E-state index contributed by atoms with van der Waals surface area (Å²) in [5.41, 5.74) is 0.702. The van der Waals surface area contributed by atoms with Crippen LogP contribution in [0.25, 0.3) is 0 Å². The van der Waals surface area contributed by atoms with Crippen LogP contribution < -0.4 is 0 Å². The number of hydrogen-bond acceptors (Lipinski definition) is 3. The molecule has 0 aliphatic carbocycles. The molecule has 0 aromatic heterocycles. The average molecular weight is 249 g/mol. The molecule has 1 N–H and O–H groups in total. The first-order valence-corrected chi connectivity index (χ1v) is 5.25. The highest BCUT2D eigenvalue weighted by Crippen LogP contribution is 2.39. The molecule has 1 fully saturated rings. The third-order valence-corrected chi connectivity index (χ3v) is 2.96. The predicted molar refractivity (Wildman–Crippen MR) is 57.4 cm³/mol. The van der Waals surface area contributed by atoms with Crippen LogP contribution in [0.1, 0.15) is 12.5 Å². The van der Waals surface area contributed by atoms with E-state index in [2.05, 4.69) is 0 Å². The van der Waals surface area contributed by atoms with Gasteiger partial charge in [-0.05, 0) is 19.1 Å². The van der Waals surface area contributed by atoms with Crippen molar-refractivity contribution in [2.75, 3.05) is 13.2 Å². The highest BCUT2D eigenvalue weighted by atomic mass is 35.5. The predicted octanol–water partition coefficient (Wildman–Crippen LogP) is 2.92. The van der Waals surface area contributed by atoms with E-state index >= 15 is 0 Å². The molecule has 0 saturated carbocycles. The number of ether oxygens (including phenoxy) is 2. The quantitative estimate of drug-likeness (QED) is 0.831. The van der Waals surface area contributed by atoms with E-state index in [1.807, 2.05) is 0 Å². The lowest BCUT2D eigenvalue weighted by atomic mass is 10.1. The van der Waals surface area contributed by atoms with Gasteiger partial charge in [0.1, 0.15) is 0 Å². The Balaban J connectivity index is 2.45. The van der Waals surface area contributed by atoms with Crippen molar-refractivity contribution in [1.29, 1.82) is 0 Å². The molecule has 1 heterocycles. The summed E-state index contributed by atoms with van der Waals surface area (Å²) in [6, 6.07) is 3.18. The van der Waals surface area contributed by atoms with E-state index in [1.54, 1.807) is 19.1 Å². The van der Waals surface area contributed by atoms with E-state index in [9.17, 15) is 5.11 Å². The van der Waals surface area contributed by atoms with Gasteiger partial charge >= 0.3 is 0 Å². The lowest BCUT2D eigenvalue weighted by Gasteiger charge is -2.23. The van der Waals surface area contributed by atoms with Crippen LogP contribution in [0.3, 0.4) is 0 Å². The zero-order valence-electron chi connectivity index (χ0n) is 8.09. The minimum Gasteiger partial charge on any atom is -0.505 e. The van der Waals surface area contributed by atoms with Gasteiger partial charge in [-0.1, -0.05) is 23.2 Å². The smallest absolute Gasteiger partial charge is 0.192 e. The Bertz CT molecular complexity index is 363. The van der Waals surface area contributed by atoms with Crippen LogP contribution in [0.4, 0.5) is 0 Å².